The van der Waals surface area contributed by atoms with E-state index in [1.165, 1.54) is 0 Å². The Morgan fingerprint density at radius 3 is 2.59 bits per heavy atom. The van der Waals surface area contributed by atoms with Crippen LogP contribution in [0.4, 0.5) is 0 Å². The molecule has 0 unspecified atom stereocenters. The number of hydrogen-bond donors (Lipinski definition) is 2. The van der Waals surface area contributed by atoms with Crippen LogP contribution in [0.5, 0.6) is 5.75 Å². The number of carbonyl (C=O) groups excluding carboxylic acids is 1. The van der Waals surface area contributed by atoms with E-state index in [4.69, 9.17) is 10.6 Å². The SMILES string of the molecule is C=C(C(=O)NN)c1ccc(-n2cnc(C)c2)c(OC)c1.Cl.Cl. The predicted octanol–water partition coefficient (Wildman–Crippen LogP) is 2.04. The summed E-state index contributed by atoms with van der Waals surface area (Å²) in [5.41, 5.74) is 4.71. The van der Waals surface area contributed by atoms with Gasteiger partial charge in [-0.1, -0.05) is 12.6 Å². The summed E-state index contributed by atoms with van der Waals surface area (Å²) in [7, 11) is 1.57. The summed E-state index contributed by atoms with van der Waals surface area (Å²) >= 11 is 0. The Labute approximate surface area is 141 Å². The van der Waals surface area contributed by atoms with Crippen LogP contribution >= 0.6 is 24.8 Å². The third kappa shape index (κ3) is 4.00. The van der Waals surface area contributed by atoms with Gasteiger partial charge in [0, 0.05) is 11.8 Å². The zero-order valence-corrected chi connectivity index (χ0v) is 13.8. The lowest BCUT2D eigenvalue weighted by atomic mass is 10.1. The van der Waals surface area contributed by atoms with Gasteiger partial charge in [-0.3, -0.25) is 10.2 Å². The van der Waals surface area contributed by atoms with Crippen molar-refractivity contribution in [2.24, 2.45) is 5.84 Å². The Hall–Kier alpha value is -2.02. The number of nitrogens with zero attached hydrogens (tertiary/aromatic N) is 2. The maximum Gasteiger partial charge on any atom is 0.265 e. The van der Waals surface area contributed by atoms with Crippen LogP contribution in [0.2, 0.25) is 0 Å². The largest absolute Gasteiger partial charge is 0.495 e. The first-order valence-electron chi connectivity index (χ1n) is 5.96. The molecule has 8 heteroatoms. The van der Waals surface area contributed by atoms with Crippen molar-refractivity contribution in [2.45, 2.75) is 6.92 Å². The third-order valence-corrected chi connectivity index (χ3v) is 2.92. The Morgan fingerprint density at radius 1 is 1.41 bits per heavy atom. The Balaban J connectivity index is 0.00000220. The van der Waals surface area contributed by atoms with Crippen LogP contribution in [0.1, 0.15) is 11.3 Å². The fourth-order valence-electron chi connectivity index (χ4n) is 1.85. The molecule has 120 valence electrons. The van der Waals surface area contributed by atoms with E-state index in [2.05, 4.69) is 17.0 Å². The number of imidazole rings is 1. The van der Waals surface area contributed by atoms with Crippen LogP contribution in [0, 0.1) is 6.92 Å². The van der Waals surface area contributed by atoms with Gasteiger partial charge in [0.05, 0.1) is 24.8 Å². The number of methoxy groups -OCH3 is 1. The third-order valence-electron chi connectivity index (χ3n) is 2.92. The summed E-state index contributed by atoms with van der Waals surface area (Å²) in [6, 6.07) is 5.36. The molecular weight excluding hydrogens is 327 g/mol. The minimum absolute atomic E-state index is 0. The molecule has 0 spiro atoms. The van der Waals surface area contributed by atoms with Crippen LogP contribution in [0.3, 0.4) is 0 Å². The van der Waals surface area contributed by atoms with Gasteiger partial charge < -0.3 is 9.30 Å². The molecule has 1 aromatic carbocycles. The van der Waals surface area contributed by atoms with E-state index in [1.54, 1.807) is 25.6 Å². The second kappa shape index (κ2) is 8.43. The van der Waals surface area contributed by atoms with E-state index in [-0.39, 0.29) is 30.4 Å². The van der Waals surface area contributed by atoms with Crippen molar-refractivity contribution >= 4 is 36.3 Å². The van der Waals surface area contributed by atoms with Crippen LogP contribution < -0.4 is 16.0 Å². The maximum atomic E-state index is 11.5. The number of amides is 1. The molecule has 0 atom stereocenters. The number of benzene rings is 1. The molecule has 6 nitrogen and oxygen atoms in total. The van der Waals surface area contributed by atoms with Gasteiger partial charge in [-0.15, -0.1) is 24.8 Å². The Kier molecular flexibility index (Phi) is 7.66. The normalized spacial score (nSPS) is 9.23. The molecule has 3 N–H and O–H groups in total. The van der Waals surface area contributed by atoms with E-state index in [9.17, 15) is 4.79 Å². The van der Waals surface area contributed by atoms with Gasteiger partial charge in [0.25, 0.3) is 5.91 Å². The Bertz CT molecular complexity index is 671. The van der Waals surface area contributed by atoms with Gasteiger partial charge in [-0.2, -0.15) is 0 Å². The van der Waals surface area contributed by atoms with Crippen LogP contribution in [0.25, 0.3) is 11.3 Å². The van der Waals surface area contributed by atoms with Crippen LogP contribution in [0.15, 0.2) is 37.3 Å². The van der Waals surface area contributed by atoms with Gasteiger partial charge in [-0.05, 0) is 24.6 Å². The number of rotatable bonds is 4. The number of hydrogen-bond acceptors (Lipinski definition) is 4. The summed E-state index contributed by atoms with van der Waals surface area (Å²) in [5, 5.41) is 0. The molecule has 2 aromatic rings. The molecule has 22 heavy (non-hydrogen) atoms. The van der Waals surface area contributed by atoms with Gasteiger partial charge in [0.15, 0.2) is 0 Å². The molecule has 0 saturated heterocycles. The molecule has 0 bridgehead atoms. The first kappa shape index (κ1) is 20.0. The lowest BCUT2D eigenvalue weighted by molar-refractivity contribution is -0.115. The second-order valence-corrected chi connectivity index (χ2v) is 4.26. The monoisotopic (exact) mass is 344 g/mol. The molecule has 0 fully saturated rings. The standard InChI is InChI=1S/C14H16N4O2.2ClH/c1-9-7-18(8-16-9)12-5-4-11(6-13(12)20-3)10(2)14(19)17-15;;/h4-8H,2,15H2,1,3H3,(H,17,19);2*1H. The molecule has 0 radical (unpaired) electrons. The zero-order valence-electron chi connectivity index (χ0n) is 12.2. The lowest BCUT2D eigenvalue weighted by Crippen LogP contribution is -2.30. The number of ether oxygens (including phenoxy) is 1. The maximum absolute atomic E-state index is 11.5. The molecule has 0 aliphatic rings. The topological polar surface area (TPSA) is 82.2 Å². The second-order valence-electron chi connectivity index (χ2n) is 4.26. The average molecular weight is 345 g/mol. The minimum atomic E-state index is -0.432. The van der Waals surface area contributed by atoms with Crippen molar-refractivity contribution in [3.8, 4) is 11.4 Å². The fourth-order valence-corrected chi connectivity index (χ4v) is 1.85. The number of aromatic nitrogens is 2. The number of aryl methyl sites for hydroxylation is 1. The van der Waals surface area contributed by atoms with E-state index >= 15 is 0 Å². The highest BCUT2D eigenvalue weighted by molar-refractivity contribution is 6.18. The quantitative estimate of drug-likeness (QED) is 0.385. The lowest BCUT2D eigenvalue weighted by Gasteiger charge is -2.12. The first-order chi connectivity index (χ1) is 9.56. The van der Waals surface area contributed by atoms with E-state index in [1.807, 2.05) is 23.8 Å². The number of nitrogens with one attached hydrogen (secondary N) is 1. The molecular formula is C14H18Cl2N4O2. The Morgan fingerprint density at radius 2 is 2.09 bits per heavy atom. The van der Waals surface area contributed by atoms with E-state index < -0.39 is 5.91 Å². The molecule has 0 aliphatic carbocycles. The van der Waals surface area contributed by atoms with Crippen LogP contribution in [-0.4, -0.2) is 22.6 Å². The smallest absolute Gasteiger partial charge is 0.265 e. The van der Waals surface area contributed by atoms with Crippen molar-refractivity contribution in [1.82, 2.24) is 15.0 Å². The number of nitrogens with two attached hydrogens (primary N) is 1. The van der Waals surface area contributed by atoms with Crippen molar-refractivity contribution < 1.29 is 9.53 Å². The van der Waals surface area contributed by atoms with Crippen molar-refractivity contribution in [3.63, 3.8) is 0 Å². The molecule has 1 amide bonds. The summed E-state index contributed by atoms with van der Waals surface area (Å²) in [5.74, 6) is 5.28. The summed E-state index contributed by atoms with van der Waals surface area (Å²) in [6.45, 7) is 5.62. The first-order valence-corrected chi connectivity index (χ1v) is 5.96. The van der Waals surface area contributed by atoms with Crippen molar-refractivity contribution in [2.75, 3.05) is 7.11 Å². The molecule has 1 aromatic heterocycles. The van der Waals surface area contributed by atoms with Crippen molar-refractivity contribution in [1.29, 1.82) is 0 Å². The van der Waals surface area contributed by atoms with Gasteiger partial charge in [0.1, 0.15) is 5.75 Å². The van der Waals surface area contributed by atoms with Gasteiger partial charge in [0.2, 0.25) is 0 Å². The predicted molar refractivity (Wildman–Crippen MR) is 90.7 cm³/mol. The minimum Gasteiger partial charge on any atom is -0.495 e. The molecule has 0 aliphatic heterocycles. The van der Waals surface area contributed by atoms with Crippen LogP contribution in [-0.2, 0) is 4.79 Å². The highest BCUT2D eigenvalue weighted by Gasteiger charge is 2.12. The van der Waals surface area contributed by atoms with E-state index in [0.29, 0.717) is 11.3 Å². The van der Waals surface area contributed by atoms with Crippen molar-refractivity contribution in [3.05, 3.63) is 48.6 Å². The fraction of sp³-hybridized carbons (Fsp3) is 0.143. The number of carbonyl (C=O) groups is 1. The summed E-state index contributed by atoms with van der Waals surface area (Å²) < 4.78 is 7.21. The highest BCUT2D eigenvalue weighted by Crippen LogP contribution is 2.27. The van der Waals surface area contributed by atoms with Gasteiger partial charge >= 0.3 is 0 Å². The summed E-state index contributed by atoms with van der Waals surface area (Å²) in [6.07, 6.45) is 3.59. The number of hydrazine groups is 1. The highest BCUT2D eigenvalue weighted by atomic mass is 35.5. The number of halogens is 2. The molecule has 0 saturated carbocycles. The average Bonchev–Trinajstić information content (AvgIpc) is 2.91. The molecule has 2 rings (SSSR count). The zero-order chi connectivity index (χ0) is 14.7. The van der Waals surface area contributed by atoms with E-state index in [0.717, 1.165) is 11.4 Å². The summed E-state index contributed by atoms with van der Waals surface area (Å²) in [4.78, 5) is 15.7. The molecule has 1 heterocycles. The van der Waals surface area contributed by atoms with Gasteiger partial charge in [-0.25, -0.2) is 10.8 Å².